The monoisotopic (exact) mass is 173 g/mol. The summed E-state index contributed by atoms with van der Waals surface area (Å²) in [6.45, 7) is 7.63. The molecule has 0 radical (unpaired) electrons. The predicted octanol–water partition coefficient (Wildman–Crippen LogP) is 1.58. The highest BCUT2D eigenvalue weighted by Crippen LogP contribution is 2.06. The summed E-state index contributed by atoms with van der Waals surface area (Å²) >= 11 is 0. The van der Waals surface area contributed by atoms with E-state index in [0.717, 1.165) is 25.9 Å². The Bertz CT molecular complexity index is 132. The molecule has 0 spiro atoms. The fourth-order valence-electron chi connectivity index (χ4n) is 1.40. The van der Waals surface area contributed by atoms with Gasteiger partial charge in [-0.15, -0.1) is 0 Å². The zero-order valence-electron chi connectivity index (χ0n) is 8.21. The first-order chi connectivity index (χ1) is 5.67. The Morgan fingerprint density at radius 1 is 1.33 bits per heavy atom. The lowest BCUT2D eigenvalue weighted by atomic mass is 10.1. The first-order valence-electron chi connectivity index (χ1n) is 4.64. The van der Waals surface area contributed by atoms with Gasteiger partial charge >= 0.3 is 5.97 Å². The van der Waals surface area contributed by atoms with Gasteiger partial charge in [0.2, 0.25) is 0 Å². The Morgan fingerprint density at radius 3 is 2.08 bits per heavy atom. The molecular weight excluding hydrogens is 154 g/mol. The van der Waals surface area contributed by atoms with Crippen molar-refractivity contribution in [1.82, 2.24) is 4.90 Å². The standard InChI is InChI=1S/C9H19NO2/c1-4-7-8(9(11)12)10(5-2)6-3/h8H,4-7H2,1-3H3,(H,11,12). The number of rotatable bonds is 6. The van der Waals surface area contributed by atoms with Crippen molar-refractivity contribution < 1.29 is 9.90 Å². The summed E-state index contributed by atoms with van der Waals surface area (Å²) in [6.07, 6.45) is 1.67. The van der Waals surface area contributed by atoms with Crippen molar-refractivity contribution in [2.75, 3.05) is 13.1 Å². The van der Waals surface area contributed by atoms with Crippen LogP contribution in [0.5, 0.6) is 0 Å². The number of aliphatic carboxylic acids is 1. The SMILES string of the molecule is CCCC(C(=O)O)N(CC)CC. The van der Waals surface area contributed by atoms with Gasteiger partial charge in [-0.3, -0.25) is 9.69 Å². The van der Waals surface area contributed by atoms with E-state index in [0.29, 0.717) is 0 Å². The second-order valence-corrected chi connectivity index (χ2v) is 2.86. The maximum absolute atomic E-state index is 10.8. The predicted molar refractivity (Wildman–Crippen MR) is 49.3 cm³/mol. The van der Waals surface area contributed by atoms with E-state index in [4.69, 9.17) is 5.11 Å². The van der Waals surface area contributed by atoms with Crippen molar-refractivity contribution in [1.29, 1.82) is 0 Å². The topological polar surface area (TPSA) is 40.5 Å². The molecule has 0 saturated carbocycles. The van der Waals surface area contributed by atoms with E-state index in [1.165, 1.54) is 0 Å². The molecule has 0 saturated heterocycles. The summed E-state index contributed by atoms with van der Waals surface area (Å²) in [5.41, 5.74) is 0. The minimum atomic E-state index is -0.694. The van der Waals surface area contributed by atoms with Gasteiger partial charge in [0.05, 0.1) is 0 Å². The molecule has 0 aromatic carbocycles. The molecule has 0 fully saturated rings. The highest BCUT2D eigenvalue weighted by atomic mass is 16.4. The van der Waals surface area contributed by atoms with Crippen molar-refractivity contribution in [2.45, 2.75) is 39.7 Å². The number of carboxylic acid groups (broad SMARTS) is 1. The maximum atomic E-state index is 10.8. The third-order valence-electron chi connectivity index (χ3n) is 2.10. The number of hydrogen-bond acceptors (Lipinski definition) is 2. The second kappa shape index (κ2) is 6.00. The fraction of sp³-hybridized carbons (Fsp3) is 0.889. The summed E-state index contributed by atoms with van der Waals surface area (Å²) in [7, 11) is 0. The molecule has 3 nitrogen and oxygen atoms in total. The van der Waals surface area contributed by atoms with Crippen LogP contribution in [-0.2, 0) is 4.79 Å². The minimum Gasteiger partial charge on any atom is -0.480 e. The van der Waals surface area contributed by atoms with Crippen LogP contribution in [0, 0.1) is 0 Å². The summed E-state index contributed by atoms with van der Waals surface area (Å²) in [5, 5.41) is 8.90. The first-order valence-corrected chi connectivity index (χ1v) is 4.64. The maximum Gasteiger partial charge on any atom is 0.320 e. The smallest absolute Gasteiger partial charge is 0.320 e. The van der Waals surface area contributed by atoms with Gasteiger partial charge < -0.3 is 5.11 Å². The molecule has 0 bridgehead atoms. The number of nitrogens with zero attached hydrogens (tertiary/aromatic N) is 1. The molecule has 0 aliphatic rings. The van der Waals surface area contributed by atoms with Crippen LogP contribution in [0.25, 0.3) is 0 Å². The van der Waals surface area contributed by atoms with E-state index in [-0.39, 0.29) is 6.04 Å². The molecule has 1 N–H and O–H groups in total. The highest BCUT2D eigenvalue weighted by Gasteiger charge is 2.21. The summed E-state index contributed by atoms with van der Waals surface area (Å²) in [4.78, 5) is 12.8. The second-order valence-electron chi connectivity index (χ2n) is 2.86. The normalized spacial score (nSPS) is 13.3. The van der Waals surface area contributed by atoms with Crippen molar-refractivity contribution in [3.63, 3.8) is 0 Å². The van der Waals surface area contributed by atoms with Gasteiger partial charge in [-0.25, -0.2) is 0 Å². The number of carbonyl (C=O) groups is 1. The lowest BCUT2D eigenvalue weighted by Gasteiger charge is -2.25. The number of hydrogen-bond donors (Lipinski definition) is 1. The van der Waals surface area contributed by atoms with Crippen LogP contribution in [0.1, 0.15) is 33.6 Å². The molecule has 0 aromatic rings. The molecule has 0 aliphatic heterocycles. The highest BCUT2D eigenvalue weighted by molar-refractivity contribution is 5.73. The van der Waals surface area contributed by atoms with E-state index >= 15 is 0 Å². The zero-order chi connectivity index (χ0) is 9.56. The van der Waals surface area contributed by atoms with Crippen LogP contribution >= 0.6 is 0 Å². The van der Waals surface area contributed by atoms with Gasteiger partial charge in [0.1, 0.15) is 6.04 Å². The molecule has 1 unspecified atom stereocenters. The van der Waals surface area contributed by atoms with E-state index in [2.05, 4.69) is 0 Å². The minimum absolute atomic E-state index is 0.287. The van der Waals surface area contributed by atoms with Crippen LogP contribution in [0.4, 0.5) is 0 Å². The molecule has 1 atom stereocenters. The van der Waals surface area contributed by atoms with Crippen LogP contribution in [0.2, 0.25) is 0 Å². The molecule has 72 valence electrons. The van der Waals surface area contributed by atoms with Crippen LogP contribution in [0.15, 0.2) is 0 Å². The third kappa shape index (κ3) is 3.22. The van der Waals surface area contributed by atoms with Crippen molar-refractivity contribution in [3.05, 3.63) is 0 Å². The largest absolute Gasteiger partial charge is 0.480 e. The van der Waals surface area contributed by atoms with Crippen molar-refractivity contribution in [3.8, 4) is 0 Å². The van der Waals surface area contributed by atoms with Crippen molar-refractivity contribution in [2.24, 2.45) is 0 Å². The molecular formula is C9H19NO2. The van der Waals surface area contributed by atoms with Crippen molar-refractivity contribution >= 4 is 5.97 Å². The van der Waals surface area contributed by atoms with E-state index in [9.17, 15) is 4.79 Å². The number of likely N-dealkylation sites (N-methyl/N-ethyl adjacent to an activating group) is 1. The van der Waals surface area contributed by atoms with Crippen LogP contribution in [0.3, 0.4) is 0 Å². The molecule has 0 aromatic heterocycles. The van der Waals surface area contributed by atoms with Gasteiger partial charge in [-0.2, -0.15) is 0 Å². The zero-order valence-corrected chi connectivity index (χ0v) is 8.21. The Kier molecular flexibility index (Phi) is 5.72. The fourth-order valence-corrected chi connectivity index (χ4v) is 1.40. The molecule has 0 rings (SSSR count). The molecule has 0 aliphatic carbocycles. The summed E-state index contributed by atoms with van der Waals surface area (Å²) < 4.78 is 0. The van der Waals surface area contributed by atoms with Crippen LogP contribution in [-0.4, -0.2) is 35.1 Å². The average Bonchev–Trinajstić information content (AvgIpc) is 2.05. The lowest BCUT2D eigenvalue weighted by molar-refractivity contribution is -0.143. The molecule has 0 heterocycles. The van der Waals surface area contributed by atoms with Gasteiger partial charge in [0.15, 0.2) is 0 Å². The van der Waals surface area contributed by atoms with E-state index in [1.54, 1.807) is 0 Å². The Balaban J connectivity index is 4.15. The Hall–Kier alpha value is -0.570. The molecule has 12 heavy (non-hydrogen) atoms. The Labute approximate surface area is 74.4 Å². The van der Waals surface area contributed by atoms with E-state index < -0.39 is 5.97 Å². The third-order valence-corrected chi connectivity index (χ3v) is 2.10. The quantitative estimate of drug-likeness (QED) is 0.663. The van der Waals surface area contributed by atoms with Gasteiger partial charge in [0, 0.05) is 0 Å². The number of carboxylic acids is 1. The average molecular weight is 173 g/mol. The lowest BCUT2D eigenvalue weighted by Crippen LogP contribution is -2.40. The summed E-state index contributed by atoms with van der Waals surface area (Å²) in [6, 6.07) is -0.287. The summed E-state index contributed by atoms with van der Waals surface area (Å²) in [5.74, 6) is -0.694. The van der Waals surface area contributed by atoms with Crippen LogP contribution < -0.4 is 0 Å². The Morgan fingerprint density at radius 2 is 1.83 bits per heavy atom. The van der Waals surface area contributed by atoms with Gasteiger partial charge in [0.25, 0.3) is 0 Å². The van der Waals surface area contributed by atoms with Gasteiger partial charge in [-0.05, 0) is 19.5 Å². The van der Waals surface area contributed by atoms with Gasteiger partial charge in [-0.1, -0.05) is 27.2 Å². The van der Waals surface area contributed by atoms with E-state index in [1.807, 2.05) is 25.7 Å². The molecule has 0 amide bonds. The molecule has 3 heteroatoms. The first kappa shape index (κ1) is 11.4.